The van der Waals surface area contributed by atoms with Gasteiger partial charge in [0.2, 0.25) is 0 Å². The quantitative estimate of drug-likeness (QED) is 0.653. The van der Waals surface area contributed by atoms with Crippen LogP contribution in [0.4, 0.5) is 0 Å². The van der Waals surface area contributed by atoms with Gasteiger partial charge in [-0.15, -0.1) is 0 Å². The molecule has 0 aliphatic carbocycles. The number of hydrogen-bond donors (Lipinski definition) is 2. The van der Waals surface area contributed by atoms with Crippen molar-refractivity contribution in [1.29, 1.82) is 0 Å². The van der Waals surface area contributed by atoms with Crippen LogP contribution in [-0.2, 0) is 6.54 Å². The molecule has 0 fully saturated rings. The number of fused-ring (bicyclic) bond motifs is 1. The van der Waals surface area contributed by atoms with E-state index in [0.717, 1.165) is 25.4 Å². The third-order valence-electron chi connectivity index (χ3n) is 3.26. The van der Waals surface area contributed by atoms with Gasteiger partial charge in [0.05, 0.1) is 5.56 Å². The third kappa shape index (κ3) is 3.04. The van der Waals surface area contributed by atoms with Gasteiger partial charge in [0, 0.05) is 32.6 Å². The Labute approximate surface area is 139 Å². The zero-order valence-corrected chi connectivity index (χ0v) is 14.2. The molecule has 3 aromatic rings. The molecule has 5 heteroatoms. The predicted molar refractivity (Wildman–Crippen MR) is 91.3 cm³/mol. The molecular formula is C16H12Br2N2O. The first-order valence-corrected chi connectivity index (χ1v) is 8.02. The predicted octanol–water partition coefficient (Wildman–Crippen LogP) is 4.62. The first kappa shape index (κ1) is 14.4. The van der Waals surface area contributed by atoms with Crippen molar-refractivity contribution in [3.63, 3.8) is 0 Å². The summed E-state index contributed by atoms with van der Waals surface area (Å²) in [6.07, 6.45) is 1.74. The maximum absolute atomic E-state index is 12.3. The number of aromatic nitrogens is 1. The second-order valence-corrected chi connectivity index (χ2v) is 6.39. The SMILES string of the molecule is O=C(NCc1ccccc1)c1c[nH]c2cc(Br)c(Br)cc12. The highest BCUT2D eigenvalue weighted by atomic mass is 79.9. The van der Waals surface area contributed by atoms with Gasteiger partial charge < -0.3 is 10.3 Å². The molecule has 0 radical (unpaired) electrons. The van der Waals surface area contributed by atoms with E-state index >= 15 is 0 Å². The molecule has 1 amide bonds. The fourth-order valence-electron chi connectivity index (χ4n) is 2.18. The number of aromatic amines is 1. The number of halogens is 2. The van der Waals surface area contributed by atoms with Gasteiger partial charge in [-0.2, -0.15) is 0 Å². The van der Waals surface area contributed by atoms with Crippen molar-refractivity contribution >= 4 is 48.7 Å². The van der Waals surface area contributed by atoms with E-state index in [0.29, 0.717) is 12.1 Å². The van der Waals surface area contributed by atoms with Crippen molar-refractivity contribution in [1.82, 2.24) is 10.3 Å². The maximum atomic E-state index is 12.3. The first-order chi connectivity index (χ1) is 10.1. The lowest BCUT2D eigenvalue weighted by molar-refractivity contribution is 0.0952. The molecule has 3 rings (SSSR count). The number of carbonyl (C=O) groups is 1. The summed E-state index contributed by atoms with van der Waals surface area (Å²) >= 11 is 6.92. The number of hydrogen-bond acceptors (Lipinski definition) is 1. The molecule has 1 heterocycles. The Bertz CT molecular complexity index is 797. The van der Waals surface area contributed by atoms with Crippen molar-refractivity contribution in [2.45, 2.75) is 6.54 Å². The van der Waals surface area contributed by atoms with Crippen LogP contribution < -0.4 is 5.32 Å². The molecule has 3 nitrogen and oxygen atoms in total. The smallest absolute Gasteiger partial charge is 0.253 e. The molecule has 0 aliphatic rings. The number of nitrogens with one attached hydrogen (secondary N) is 2. The van der Waals surface area contributed by atoms with E-state index < -0.39 is 0 Å². The van der Waals surface area contributed by atoms with Gasteiger partial charge in [-0.1, -0.05) is 30.3 Å². The minimum atomic E-state index is -0.0840. The fourth-order valence-corrected chi connectivity index (χ4v) is 2.86. The van der Waals surface area contributed by atoms with Crippen LogP contribution in [0.3, 0.4) is 0 Å². The average molecular weight is 408 g/mol. The largest absolute Gasteiger partial charge is 0.360 e. The molecule has 0 aliphatic heterocycles. The molecule has 0 unspecified atom stereocenters. The summed E-state index contributed by atoms with van der Waals surface area (Å²) in [7, 11) is 0. The Balaban J connectivity index is 1.83. The van der Waals surface area contributed by atoms with E-state index in [-0.39, 0.29) is 5.91 Å². The third-order valence-corrected chi connectivity index (χ3v) is 5.11. The Kier molecular flexibility index (Phi) is 4.12. The number of H-pyrrole nitrogens is 1. The standard InChI is InChI=1S/C16H12Br2N2O/c17-13-6-11-12(9-19-15(11)7-14(13)18)16(21)20-8-10-4-2-1-3-5-10/h1-7,9,19H,8H2,(H,20,21). The Morgan fingerprint density at radius 2 is 1.81 bits per heavy atom. The van der Waals surface area contributed by atoms with Gasteiger partial charge >= 0.3 is 0 Å². The lowest BCUT2D eigenvalue weighted by Gasteiger charge is -2.05. The summed E-state index contributed by atoms with van der Waals surface area (Å²) < 4.78 is 1.87. The minimum absolute atomic E-state index is 0.0840. The zero-order valence-electron chi connectivity index (χ0n) is 11.0. The molecule has 2 aromatic carbocycles. The van der Waals surface area contributed by atoms with Gasteiger partial charge in [-0.3, -0.25) is 4.79 Å². The van der Waals surface area contributed by atoms with Crippen molar-refractivity contribution in [2.75, 3.05) is 0 Å². The number of amides is 1. The van der Waals surface area contributed by atoms with Crippen LogP contribution in [-0.4, -0.2) is 10.9 Å². The summed E-state index contributed by atoms with van der Waals surface area (Å²) in [5, 5.41) is 3.84. The topological polar surface area (TPSA) is 44.9 Å². The number of carbonyl (C=O) groups excluding carboxylic acids is 1. The molecular weight excluding hydrogens is 396 g/mol. The fraction of sp³-hybridized carbons (Fsp3) is 0.0625. The van der Waals surface area contributed by atoms with Crippen LogP contribution in [0.1, 0.15) is 15.9 Å². The minimum Gasteiger partial charge on any atom is -0.360 e. The number of benzene rings is 2. The van der Waals surface area contributed by atoms with Gasteiger partial charge in [0.15, 0.2) is 0 Å². The summed E-state index contributed by atoms with van der Waals surface area (Å²) in [4.78, 5) is 15.5. The Morgan fingerprint density at radius 3 is 2.57 bits per heavy atom. The number of rotatable bonds is 3. The highest BCUT2D eigenvalue weighted by Crippen LogP contribution is 2.30. The molecule has 0 atom stereocenters. The summed E-state index contributed by atoms with van der Waals surface area (Å²) in [5.41, 5.74) is 2.65. The highest BCUT2D eigenvalue weighted by molar-refractivity contribution is 9.13. The molecule has 0 spiro atoms. The Morgan fingerprint density at radius 1 is 1.10 bits per heavy atom. The van der Waals surface area contributed by atoms with Crippen molar-refractivity contribution < 1.29 is 4.79 Å². The molecule has 1 aromatic heterocycles. The van der Waals surface area contributed by atoms with Crippen LogP contribution in [0.2, 0.25) is 0 Å². The summed E-state index contributed by atoms with van der Waals surface area (Å²) in [6, 6.07) is 13.7. The van der Waals surface area contributed by atoms with Crippen LogP contribution in [0.5, 0.6) is 0 Å². The van der Waals surface area contributed by atoms with E-state index in [4.69, 9.17) is 0 Å². The van der Waals surface area contributed by atoms with Crippen molar-refractivity contribution in [3.8, 4) is 0 Å². The monoisotopic (exact) mass is 406 g/mol. The van der Waals surface area contributed by atoms with E-state index in [9.17, 15) is 4.79 Å². The van der Waals surface area contributed by atoms with Crippen LogP contribution in [0.15, 0.2) is 57.6 Å². The van der Waals surface area contributed by atoms with Gasteiger partial charge in [0.25, 0.3) is 5.91 Å². The van der Waals surface area contributed by atoms with Crippen LogP contribution >= 0.6 is 31.9 Å². The van der Waals surface area contributed by atoms with Crippen molar-refractivity contribution in [3.05, 3.63) is 68.7 Å². The average Bonchev–Trinajstić information content (AvgIpc) is 2.89. The van der Waals surface area contributed by atoms with Crippen LogP contribution in [0, 0.1) is 0 Å². The van der Waals surface area contributed by atoms with E-state index in [1.807, 2.05) is 42.5 Å². The molecule has 21 heavy (non-hydrogen) atoms. The molecule has 106 valence electrons. The van der Waals surface area contributed by atoms with Crippen LogP contribution in [0.25, 0.3) is 10.9 Å². The second kappa shape index (κ2) is 6.03. The lowest BCUT2D eigenvalue weighted by Crippen LogP contribution is -2.22. The molecule has 0 bridgehead atoms. The van der Waals surface area contributed by atoms with Gasteiger partial charge in [-0.05, 0) is 49.6 Å². The normalized spacial score (nSPS) is 10.8. The van der Waals surface area contributed by atoms with E-state index in [2.05, 4.69) is 42.2 Å². The summed E-state index contributed by atoms with van der Waals surface area (Å²) in [6.45, 7) is 0.518. The Hall–Kier alpha value is -1.59. The van der Waals surface area contributed by atoms with Crippen molar-refractivity contribution in [2.24, 2.45) is 0 Å². The van der Waals surface area contributed by atoms with Gasteiger partial charge in [0.1, 0.15) is 0 Å². The maximum Gasteiger partial charge on any atom is 0.253 e. The molecule has 0 saturated carbocycles. The van der Waals surface area contributed by atoms with E-state index in [1.54, 1.807) is 6.20 Å². The first-order valence-electron chi connectivity index (χ1n) is 6.43. The molecule has 2 N–H and O–H groups in total. The van der Waals surface area contributed by atoms with E-state index in [1.165, 1.54) is 0 Å². The lowest BCUT2D eigenvalue weighted by atomic mass is 10.1. The highest BCUT2D eigenvalue weighted by Gasteiger charge is 2.13. The molecule has 0 saturated heterocycles. The summed E-state index contributed by atoms with van der Waals surface area (Å²) in [5.74, 6) is -0.0840. The zero-order chi connectivity index (χ0) is 14.8. The van der Waals surface area contributed by atoms with Gasteiger partial charge in [-0.25, -0.2) is 0 Å². The second-order valence-electron chi connectivity index (χ2n) is 4.68.